The molecular weight excluding hydrogens is 302 g/mol. The van der Waals surface area contributed by atoms with E-state index in [9.17, 15) is 4.79 Å². The second-order valence-electron chi connectivity index (χ2n) is 4.34. The Bertz CT molecular complexity index is 730. The fourth-order valence-corrected chi connectivity index (χ4v) is 3.67. The van der Waals surface area contributed by atoms with Crippen molar-refractivity contribution in [2.45, 2.75) is 0 Å². The second-order valence-corrected chi connectivity index (χ2v) is 6.37. The lowest BCUT2D eigenvalue weighted by atomic mass is 10.2. The van der Waals surface area contributed by atoms with Gasteiger partial charge in [-0.2, -0.15) is 0 Å². The molecule has 1 N–H and O–H groups in total. The van der Waals surface area contributed by atoms with E-state index >= 15 is 0 Å². The van der Waals surface area contributed by atoms with Gasteiger partial charge >= 0.3 is 5.97 Å². The van der Waals surface area contributed by atoms with E-state index < -0.39 is 0 Å². The van der Waals surface area contributed by atoms with Crippen molar-refractivity contribution in [2.75, 3.05) is 12.4 Å². The summed E-state index contributed by atoms with van der Waals surface area (Å²) in [6.45, 7) is 0. The van der Waals surface area contributed by atoms with E-state index in [2.05, 4.69) is 39.7 Å². The largest absolute Gasteiger partial charge is 0.465 e. The van der Waals surface area contributed by atoms with Crippen molar-refractivity contribution >= 4 is 39.3 Å². The summed E-state index contributed by atoms with van der Waals surface area (Å²) in [7, 11) is 1.38. The molecule has 0 radical (unpaired) electrons. The molecular formula is C16H13NO2S2. The van der Waals surface area contributed by atoms with Crippen molar-refractivity contribution in [3.05, 3.63) is 59.5 Å². The highest BCUT2D eigenvalue weighted by molar-refractivity contribution is 7.23. The number of carbonyl (C=O) groups excluding carboxylic acids is 1. The first-order valence-corrected chi connectivity index (χ1v) is 8.05. The molecule has 2 aromatic heterocycles. The van der Waals surface area contributed by atoms with Gasteiger partial charge in [-0.25, -0.2) is 4.79 Å². The van der Waals surface area contributed by atoms with E-state index in [1.807, 2.05) is 12.1 Å². The van der Waals surface area contributed by atoms with Gasteiger partial charge in [0.1, 0.15) is 0 Å². The van der Waals surface area contributed by atoms with Gasteiger partial charge in [0.25, 0.3) is 0 Å². The summed E-state index contributed by atoms with van der Waals surface area (Å²) in [6, 6.07) is 15.6. The number of anilines is 2. The van der Waals surface area contributed by atoms with Crippen LogP contribution in [0.5, 0.6) is 0 Å². The smallest absolute Gasteiger partial charge is 0.337 e. The summed E-state index contributed by atoms with van der Waals surface area (Å²) in [4.78, 5) is 13.9. The summed E-state index contributed by atoms with van der Waals surface area (Å²) in [6.07, 6.45) is 0. The van der Waals surface area contributed by atoms with Gasteiger partial charge < -0.3 is 10.1 Å². The van der Waals surface area contributed by atoms with Gasteiger partial charge in [0.2, 0.25) is 0 Å². The average molecular weight is 315 g/mol. The Balaban J connectivity index is 1.73. The molecule has 0 unspecified atom stereocenters. The molecule has 0 aliphatic carbocycles. The van der Waals surface area contributed by atoms with Crippen LogP contribution in [0.1, 0.15) is 10.4 Å². The summed E-state index contributed by atoms with van der Waals surface area (Å²) in [5.41, 5.74) is 1.50. The Morgan fingerprint density at radius 2 is 1.86 bits per heavy atom. The zero-order valence-corrected chi connectivity index (χ0v) is 13.0. The minimum Gasteiger partial charge on any atom is -0.465 e. The van der Waals surface area contributed by atoms with Crippen LogP contribution >= 0.6 is 22.7 Å². The van der Waals surface area contributed by atoms with Crippen molar-refractivity contribution in [1.29, 1.82) is 0 Å². The first-order valence-electron chi connectivity index (χ1n) is 6.35. The third-order valence-electron chi connectivity index (χ3n) is 2.94. The Hall–Kier alpha value is -2.11. The first kappa shape index (κ1) is 13.9. The number of ether oxygens (including phenoxy) is 1. The maximum atomic E-state index is 11.4. The number of methoxy groups -OCH3 is 1. The molecule has 5 heteroatoms. The maximum absolute atomic E-state index is 11.4. The number of esters is 1. The number of carbonyl (C=O) groups is 1. The van der Waals surface area contributed by atoms with Crippen LogP contribution in [-0.2, 0) is 4.74 Å². The number of thiophene rings is 2. The molecule has 0 fully saturated rings. The van der Waals surface area contributed by atoms with E-state index in [1.165, 1.54) is 16.9 Å². The van der Waals surface area contributed by atoms with E-state index in [1.54, 1.807) is 34.8 Å². The van der Waals surface area contributed by atoms with Gasteiger partial charge in [0, 0.05) is 15.4 Å². The number of rotatable bonds is 4. The molecule has 0 aliphatic rings. The highest BCUT2D eigenvalue weighted by atomic mass is 32.1. The monoisotopic (exact) mass is 315 g/mol. The zero-order chi connectivity index (χ0) is 14.7. The van der Waals surface area contributed by atoms with E-state index in [4.69, 9.17) is 0 Å². The van der Waals surface area contributed by atoms with Gasteiger partial charge in [-0.1, -0.05) is 6.07 Å². The molecule has 0 bridgehead atoms. The summed E-state index contributed by atoms with van der Waals surface area (Å²) in [5, 5.41) is 6.49. The number of hydrogen-bond donors (Lipinski definition) is 1. The lowest BCUT2D eigenvalue weighted by molar-refractivity contribution is 0.0601. The molecule has 3 rings (SSSR count). The normalized spacial score (nSPS) is 10.3. The van der Waals surface area contributed by atoms with Crippen LogP contribution in [0, 0.1) is 0 Å². The minimum absolute atomic E-state index is 0.322. The standard InChI is InChI=1S/C16H13NO2S2/c1-19-16(18)11-4-6-12(7-5-11)17-15-9-8-14(21-15)13-3-2-10-20-13/h2-10,17H,1H3. The molecule has 0 atom stereocenters. The molecule has 2 heterocycles. The van der Waals surface area contributed by atoms with Crippen LogP contribution in [0.4, 0.5) is 10.7 Å². The molecule has 106 valence electrons. The Kier molecular flexibility index (Phi) is 4.03. The lowest BCUT2D eigenvalue weighted by Gasteiger charge is -2.04. The Labute approximate surface area is 130 Å². The van der Waals surface area contributed by atoms with Gasteiger partial charge in [-0.3, -0.25) is 0 Å². The molecule has 21 heavy (non-hydrogen) atoms. The maximum Gasteiger partial charge on any atom is 0.337 e. The average Bonchev–Trinajstić information content (AvgIpc) is 3.18. The topological polar surface area (TPSA) is 38.3 Å². The highest BCUT2D eigenvalue weighted by Gasteiger charge is 2.06. The Morgan fingerprint density at radius 3 is 2.52 bits per heavy atom. The van der Waals surface area contributed by atoms with Gasteiger partial charge in [-0.05, 0) is 47.8 Å². The van der Waals surface area contributed by atoms with Gasteiger partial charge in [0.05, 0.1) is 17.7 Å². The van der Waals surface area contributed by atoms with Crippen LogP contribution in [0.15, 0.2) is 53.9 Å². The van der Waals surface area contributed by atoms with E-state index in [-0.39, 0.29) is 5.97 Å². The predicted octanol–water partition coefficient (Wildman–Crippen LogP) is 5.01. The quantitative estimate of drug-likeness (QED) is 0.688. The molecule has 3 nitrogen and oxygen atoms in total. The SMILES string of the molecule is COC(=O)c1ccc(Nc2ccc(-c3cccs3)s2)cc1. The zero-order valence-electron chi connectivity index (χ0n) is 11.3. The van der Waals surface area contributed by atoms with Crippen molar-refractivity contribution in [3.63, 3.8) is 0 Å². The minimum atomic E-state index is -0.322. The van der Waals surface area contributed by atoms with Crippen LogP contribution in [-0.4, -0.2) is 13.1 Å². The summed E-state index contributed by atoms with van der Waals surface area (Å²) >= 11 is 3.44. The molecule has 0 saturated heterocycles. The van der Waals surface area contributed by atoms with Crippen molar-refractivity contribution in [3.8, 4) is 9.75 Å². The van der Waals surface area contributed by atoms with Crippen molar-refractivity contribution in [1.82, 2.24) is 0 Å². The molecule has 0 saturated carbocycles. The molecule has 1 aromatic carbocycles. The highest BCUT2D eigenvalue weighted by Crippen LogP contribution is 2.35. The fourth-order valence-electron chi connectivity index (χ4n) is 1.91. The summed E-state index contributed by atoms with van der Waals surface area (Å²) in [5.74, 6) is -0.322. The van der Waals surface area contributed by atoms with E-state index in [0.717, 1.165) is 10.7 Å². The first-order chi connectivity index (χ1) is 10.3. The molecule has 0 spiro atoms. The van der Waals surface area contributed by atoms with Crippen LogP contribution in [0.3, 0.4) is 0 Å². The number of nitrogens with one attached hydrogen (secondary N) is 1. The molecule has 3 aromatic rings. The number of benzene rings is 1. The van der Waals surface area contributed by atoms with Crippen LogP contribution in [0.2, 0.25) is 0 Å². The number of hydrogen-bond acceptors (Lipinski definition) is 5. The fraction of sp³-hybridized carbons (Fsp3) is 0.0625. The summed E-state index contributed by atoms with van der Waals surface area (Å²) < 4.78 is 4.68. The third kappa shape index (κ3) is 3.15. The second kappa shape index (κ2) is 6.11. The van der Waals surface area contributed by atoms with Crippen molar-refractivity contribution in [2.24, 2.45) is 0 Å². The predicted molar refractivity (Wildman–Crippen MR) is 88.7 cm³/mol. The van der Waals surface area contributed by atoms with Crippen LogP contribution in [0.25, 0.3) is 9.75 Å². The van der Waals surface area contributed by atoms with Gasteiger partial charge in [0.15, 0.2) is 0 Å². The van der Waals surface area contributed by atoms with Crippen LogP contribution < -0.4 is 5.32 Å². The Morgan fingerprint density at radius 1 is 1.05 bits per heavy atom. The molecule has 0 amide bonds. The molecule has 0 aliphatic heterocycles. The van der Waals surface area contributed by atoms with Crippen molar-refractivity contribution < 1.29 is 9.53 Å². The van der Waals surface area contributed by atoms with E-state index in [0.29, 0.717) is 5.56 Å². The third-order valence-corrected chi connectivity index (χ3v) is 5.01. The lowest BCUT2D eigenvalue weighted by Crippen LogP contribution is -2.00. The van der Waals surface area contributed by atoms with Gasteiger partial charge in [-0.15, -0.1) is 22.7 Å².